The van der Waals surface area contributed by atoms with Crippen molar-refractivity contribution in [2.24, 2.45) is 40.7 Å². The molecular weight excluding hydrogens is 955 g/mol. The molecule has 23 heteroatoms. The fraction of sp³-hybridized carbons (Fsp3) is 0.706. The lowest BCUT2D eigenvalue weighted by Crippen LogP contribution is -2.61. The summed E-state index contributed by atoms with van der Waals surface area (Å²) in [7, 11) is 0. The molecule has 0 aliphatic carbocycles. The third-order valence-electron chi connectivity index (χ3n) is 12.3. The maximum Gasteiger partial charge on any atom is 0.243 e. The highest BCUT2D eigenvalue weighted by atomic mass is 16.3. The minimum absolute atomic E-state index is 0.0372. The smallest absolute Gasteiger partial charge is 0.243 e. The van der Waals surface area contributed by atoms with Crippen LogP contribution in [0.25, 0.3) is 0 Å². The van der Waals surface area contributed by atoms with Crippen LogP contribution in [0, 0.1) is 17.8 Å². The summed E-state index contributed by atoms with van der Waals surface area (Å²) in [5.41, 5.74) is 24.3. The molecule has 2 rings (SSSR count). The van der Waals surface area contributed by atoms with Crippen LogP contribution in [0.15, 0.2) is 30.3 Å². The van der Waals surface area contributed by atoms with Crippen LogP contribution < -0.4 is 70.8 Å². The summed E-state index contributed by atoms with van der Waals surface area (Å²) >= 11 is 0. The zero-order valence-electron chi connectivity index (χ0n) is 44.5. The van der Waals surface area contributed by atoms with E-state index in [-0.39, 0.29) is 102 Å². The van der Waals surface area contributed by atoms with E-state index >= 15 is 0 Å². The van der Waals surface area contributed by atoms with Gasteiger partial charge in [-0.3, -0.25) is 43.2 Å². The number of benzene rings is 1. The summed E-state index contributed by atoms with van der Waals surface area (Å²) in [5.74, 6) is -6.60. The molecule has 418 valence electrons. The molecule has 1 aliphatic rings. The van der Waals surface area contributed by atoms with Crippen LogP contribution >= 0.6 is 0 Å². The summed E-state index contributed by atoms with van der Waals surface area (Å²) < 4.78 is 0. The van der Waals surface area contributed by atoms with Gasteiger partial charge in [0.05, 0.1) is 12.5 Å². The molecule has 0 bridgehead atoms. The predicted octanol–water partition coefficient (Wildman–Crippen LogP) is -1.92. The van der Waals surface area contributed by atoms with Crippen molar-refractivity contribution in [1.82, 2.24) is 47.9 Å². The molecular formula is C51H89N13O10. The molecule has 1 aromatic carbocycles. The van der Waals surface area contributed by atoms with Crippen LogP contribution in [0.5, 0.6) is 0 Å². The van der Waals surface area contributed by atoms with Crippen LogP contribution in [-0.4, -0.2) is 145 Å². The molecule has 0 aromatic heterocycles. The maximum absolute atomic E-state index is 14.3. The van der Waals surface area contributed by atoms with Gasteiger partial charge in [-0.25, -0.2) is 0 Å². The molecule has 9 atom stereocenters. The average Bonchev–Trinajstić information content (AvgIpc) is 3.33. The van der Waals surface area contributed by atoms with Crippen LogP contribution in [0.3, 0.4) is 0 Å². The highest BCUT2D eigenvalue weighted by Crippen LogP contribution is 2.14. The van der Waals surface area contributed by atoms with E-state index in [2.05, 4.69) is 61.7 Å². The summed E-state index contributed by atoms with van der Waals surface area (Å²) in [6, 6.07) is -1.56. The first kappa shape index (κ1) is 64.4. The van der Waals surface area contributed by atoms with Crippen LogP contribution in [0.4, 0.5) is 0 Å². The Balaban J connectivity index is 2.67. The minimum Gasteiger partial charge on any atom is -0.393 e. The van der Waals surface area contributed by atoms with Crippen molar-refractivity contribution in [3.05, 3.63) is 35.9 Å². The second-order valence-corrected chi connectivity index (χ2v) is 20.4. The number of aliphatic hydroxyl groups is 1. The Hall–Kier alpha value is -5.75. The van der Waals surface area contributed by atoms with Gasteiger partial charge in [0.2, 0.25) is 53.2 Å². The zero-order valence-corrected chi connectivity index (χ0v) is 44.5. The highest BCUT2D eigenvalue weighted by Gasteiger charge is 2.35. The molecule has 0 spiro atoms. The SMILES string of the molecule is CC(C)CCCCC(O)CC(=O)NC(CCN)C(=O)NC1CCNC(=O)C(CC(C)C)NC(=O)C(CCN)NC(=O)C(CCN)NC(=O)C(Cc2ccccc2)NC(=O)C(CC(C)C)NC(=O)C(CCN)NC1=O. The van der Waals surface area contributed by atoms with E-state index in [4.69, 9.17) is 22.9 Å². The molecule has 1 saturated heterocycles. The second-order valence-electron chi connectivity index (χ2n) is 20.4. The van der Waals surface area contributed by atoms with Crippen LogP contribution in [-0.2, 0) is 49.6 Å². The number of nitrogens with two attached hydrogens (primary N) is 4. The topological polar surface area (TPSA) is 386 Å². The standard InChI is InChI=1S/C51H89N13O10/c1-30(2)12-10-11-15-34(65)29-43(66)57-35(16-21-52)45(68)61-39-20-25-56-44(67)40(26-31(3)4)62-47(70)37(18-23-54)58-46(69)36(17-22-53)60-51(74)42(28-33-13-8-7-9-14-33)64-50(73)41(27-32(5)6)63-48(71)38(19-24-55)59-49(39)72/h7-9,13-14,30-32,34-42,65H,10-12,15-29,52-55H2,1-6H3,(H,56,67)(H,57,66)(H,58,69)(H,59,72)(H,60,74)(H,61,68)(H,62,70)(H,63,71)(H,64,73). The number of unbranched alkanes of at least 4 members (excludes halogenated alkanes) is 1. The number of aliphatic hydroxyl groups excluding tert-OH is 1. The Morgan fingerprint density at radius 3 is 1.50 bits per heavy atom. The highest BCUT2D eigenvalue weighted by molar-refractivity contribution is 5.98. The van der Waals surface area contributed by atoms with E-state index in [9.17, 15) is 48.3 Å². The normalized spacial score (nSPS) is 23.1. The molecule has 18 N–H and O–H groups in total. The van der Waals surface area contributed by atoms with Crippen molar-refractivity contribution < 1.29 is 48.3 Å². The van der Waals surface area contributed by atoms with Gasteiger partial charge in [-0.15, -0.1) is 0 Å². The number of amides is 9. The Morgan fingerprint density at radius 2 is 1.01 bits per heavy atom. The minimum atomic E-state index is -1.46. The zero-order chi connectivity index (χ0) is 55.3. The van der Waals surface area contributed by atoms with Crippen molar-refractivity contribution in [2.75, 3.05) is 32.7 Å². The van der Waals surface area contributed by atoms with E-state index in [0.29, 0.717) is 24.3 Å². The van der Waals surface area contributed by atoms with Crippen molar-refractivity contribution in [2.45, 2.75) is 179 Å². The van der Waals surface area contributed by atoms with E-state index in [1.165, 1.54) is 0 Å². The predicted molar refractivity (Wildman–Crippen MR) is 281 cm³/mol. The number of rotatable bonds is 24. The van der Waals surface area contributed by atoms with Crippen LogP contribution in [0.2, 0.25) is 0 Å². The summed E-state index contributed by atoms with van der Waals surface area (Å²) in [5, 5.41) is 34.7. The summed E-state index contributed by atoms with van der Waals surface area (Å²) in [6.07, 6.45) is 1.36. The van der Waals surface area contributed by atoms with Gasteiger partial charge in [-0.1, -0.05) is 91.1 Å². The van der Waals surface area contributed by atoms with E-state index in [1.54, 1.807) is 30.3 Å². The first-order valence-electron chi connectivity index (χ1n) is 26.3. The first-order valence-corrected chi connectivity index (χ1v) is 26.3. The molecule has 0 saturated carbocycles. The first-order chi connectivity index (χ1) is 35.1. The Kier molecular flexibility index (Phi) is 30.2. The molecule has 23 nitrogen and oxygen atoms in total. The van der Waals surface area contributed by atoms with E-state index in [0.717, 1.165) is 12.8 Å². The lowest BCUT2D eigenvalue weighted by molar-refractivity contribution is -0.136. The molecule has 1 aromatic rings. The van der Waals surface area contributed by atoms with E-state index < -0.39 is 108 Å². The van der Waals surface area contributed by atoms with Crippen molar-refractivity contribution in [3.8, 4) is 0 Å². The van der Waals surface area contributed by atoms with Gasteiger partial charge >= 0.3 is 0 Å². The molecule has 1 aliphatic heterocycles. The van der Waals surface area contributed by atoms with Gasteiger partial charge in [-0.2, -0.15) is 0 Å². The third-order valence-corrected chi connectivity index (χ3v) is 12.3. The monoisotopic (exact) mass is 1040 g/mol. The fourth-order valence-electron chi connectivity index (χ4n) is 8.35. The van der Waals surface area contributed by atoms with E-state index in [1.807, 2.05) is 27.7 Å². The van der Waals surface area contributed by atoms with Gasteiger partial charge in [0.25, 0.3) is 0 Å². The van der Waals surface area contributed by atoms with Gasteiger partial charge in [-0.05, 0) is 101 Å². The molecule has 1 fully saturated rings. The fourth-order valence-corrected chi connectivity index (χ4v) is 8.35. The van der Waals surface area contributed by atoms with Gasteiger partial charge < -0.3 is 75.9 Å². The second kappa shape index (κ2) is 34.7. The number of carbonyl (C=O) groups excluding carboxylic acids is 9. The van der Waals surface area contributed by atoms with Gasteiger partial charge in [0.1, 0.15) is 48.3 Å². The van der Waals surface area contributed by atoms with Gasteiger partial charge in [0, 0.05) is 13.0 Å². The molecule has 74 heavy (non-hydrogen) atoms. The Bertz CT molecular complexity index is 1940. The van der Waals surface area contributed by atoms with Crippen molar-refractivity contribution in [1.29, 1.82) is 0 Å². The molecule has 9 amide bonds. The largest absolute Gasteiger partial charge is 0.393 e. The van der Waals surface area contributed by atoms with Gasteiger partial charge in [0.15, 0.2) is 0 Å². The maximum atomic E-state index is 14.3. The third kappa shape index (κ3) is 24.5. The van der Waals surface area contributed by atoms with Crippen molar-refractivity contribution in [3.63, 3.8) is 0 Å². The summed E-state index contributed by atoms with van der Waals surface area (Å²) in [4.78, 5) is 126. The average molecular weight is 1040 g/mol. The molecule has 9 unspecified atom stereocenters. The number of hydrogen-bond donors (Lipinski definition) is 14. The Morgan fingerprint density at radius 1 is 0.568 bits per heavy atom. The molecule has 0 radical (unpaired) electrons. The quantitative estimate of drug-likeness (QED) is 0.0503. The molecule has 1 heterocycles. The Labute approximate surface area is 436 Å². The van der Waals surface area contributed by atoms with Crippen LogP contribution in [0.1, 0.15) is 124 Å². The lowest BCUT2D eigenvalue weighted by atomic mass is 10.00. The number of hydrogen-bond acceptors (Lipinski definition) is 14. The van der Waals surface area contributed by atoms with Crippen molar-refractivity contribution >= 4 is 53.2 Å². The number of nitrogens with one attached hydrogen (secondary N) is 9. The summed E-state index contributed by atoms with van der Waals surface area (Å²) in [6.45, 7) is 11.0. The lowest BCUT2D eigenvalue weighted by Gasteiger charge is -2.28. The number of carbonyl (C=O) groups is 9.